The predicted molar refractivity (Wildman–Crippen MR) is 207 cm³/mol. The molecule has 0 bridgehead atoms. The highest BCUT2D eigenvalue weighted by atomic mass is 16.7. The summed E-state index contributed by atoms with van der Waals surface area (Å²) in [6.07, 6.45) is 34.1. The molecule has 0 aliphatic carbocycles. The minimum Gasteiger partial charge on any atom is -0.394 e. The van der Waals surface area contributed by atoms with Crippen molar-refractivity contribution in [1.29, 1.82) is 0 Å². The highest BCUT2D eigenvalue weighted by molar-refractivity contribution is 5.76. The van der Waals surface area contributed by atoms with Crippen molar-refractivity contribution in [3.8, 4) is 0 Å². The van der Waals surface area contributed by atoms with Gasteiger partial charge >= 0.3 is 0 Å². The van der Waals surface area contributed by atoms with E-state index in [-0.39, 0.29) is 12.5 Å². The van der Waals surface area contributed by atoms with Crippen LogP contribution in [0.4, 0.5) is 0 Å². The summed E-state index contributed by atoms with van der Waals surface area (Å²) in [6, 6.07) is -0.723. The minimum atomic E-state index is -1.55. The third kappa shape index (κ3) is 24.0. The second-order valence-electron chi connectivity index (χ2n) is 13.7. The van der Waals surface area contributed by atoms with Crippen LogP contribution in [-0.2, 0) is 14.3 Å². The molecule has 0 saturated carbocycles. The third-order valence-electron chi connectivity index (χ3n) is 9.14. The average molecular weight is 720 g/mol. The van der Waals surface area contributed by atoms with Gasteiger partial charge in [-0.3, -0.25) is 4.79 Å². The molecule has 6 N–H and O–H groups in total. The molecule has 1 fully saturated rings. The first kappa shape index (κ1) is 46.9. The molecule has 7 unspecified atom stereocenters. The van der Waals surface area contributed by atoms with Gasteiger partial charge in [-0.15, -0.1) is 0 Å². The Hall–Kier alpha value is -2.11. The average Bonchev–Trinajstić information content (AvgIpc) is 3.13. The largest absolute Gasteiger partial charge is 0.394 e. The highest BCUT2D eigenvalue weighted by Gasteiger charge is 2.44. The lowest BCUT2D eigenvalue weighted by atomic mass is 9.99. The molecular weight excluding hydrogens is 646 g/mol. The van der Waals surface area contributed by atoms with E-state index in [0.717, 1.165) is 96.3 Å². The van der Waals surface area contributed by atoms with Crippen molar-refractivity contribution < 1.29 is 39.8 Å². The molecule has 9 nitrogen and oxygen atoms in total. The molecule has 9 heteroatoms. The van der Waals surface area contributed by atoms with Gasteiger partial charge in [-0.2, -0.15) is 0 Å². The van der Waals surface area contributed by atoms with E-state index in [1.165, 1.54) is 19.3 Å². The van der Waals surface area contributed by atoms with E-state index in [1.54, 1.807) is 0 Å². The van der Waals surface area contributed by atoms with E-state index in [2.05, 4.69) is 79.9 Å². The van der Waals surface area contributed by atoms with Crippen LogP contribution in [0.2, 0.25) is 0 Å². The van der Waals surface area contributed by atoms with E-state index in [1.807, 2.05) is 0 Å². The molecule has 1 heterocycles. The quantitative estimate of drug-likeness (QED) is 0.0324. The summed E-state index contributed by atoms with van der Waals surface area (Å²) in [4.78, 5) is 12.8. The van der Waals surface area contributed by atoms with E-state index in [9.17, 15) is 30.3 Å². The number of aliphatic hydroxyl groups excluding tert-OH is 5. The normalized spacial score (nSPS) is 22.7. The van der Waals surface area contributed by atoms with Gasteiger partial charge in [0.2, 0.25) is 5.91 Å². The molecule has 294 valence electrons. The third-order valence-corrected chi connectivity index (χ3v) is 9.14. The van der Waals surface area contributed by atoms with Crippen molar-refractivity contribution in [3.05, 3.63) is 60.8 Å². The molecule has 0 aromatic heterocycles. The lowest BCUT2D eigenvalue weighted by Gasteiger charge is -2.40. The lowest BCUT2D eigenvalue weighted by Crippen LogP contribution is -2.60. The molecule has 51 heavy (non-hydrogen) atoms. The molecule has 7 atom stereocenters. The van der Waals surface area contributed by atoms with Gasteiger partial charge in [0.1, 0.15) is 24.4 Å². The van der Waals surface area contributed by atoms with Gasteiger partial charge in [0, 0.05) is 6.42 Å². The van der Waals surface area contributed by atoms with Gasteiger partial charge in [-0.1, -0.05) is 139 Å². The van der Waals surface area contributed by atoms with Crippen molar-refractivity contribution in [2.45, 2.75) is 185 Å². The Morgan fingerprint density at radius 2 is 1.22 bits per heavy atom. The summed E-state index contributed by atoms with van der Waals surface area (Å²) < 4.78 is 11.1. The van der Waals surface area contributed by atoms with E-state index in [4.69, 9.17) is 9.47 Å². The number of allylic oxidation sites excluding steroid dienone is 10. The summed E-state index contributed by atoms with van der Waals surface area (Å²) in [7, 11) is 0. The van der Waals surface area contributed by atoms with Gasteiger partial charge in [0.25, 0.3) is 0 Å². The van der Waals surface area contributed by atoms with Crippen molar-refractivity contribution in [2.75, 3.05) is 13.2 Å². The second-order valence-corrected chi connectivity index (χ2v) is 13.7. The molecule has 0 radical (unpaired) electrons. The number of carbonyl (C=O) groups excluding carboxylic acids is 1. The zero-order valence-corrected chi connectivity index (χ0v) is 31.8. The van der Waals surface area contributed by atoms with Crippen molar-refractivity contribution in [3.63, 3.8) is 0 Å². The van der Waals surface area contributed by atoms with Crippen LogP contribution in [0.15, 0.2) is 60.8 Å². The number of ether oxygens (including phenoxy) is 2. The number of aliphatic hydroxyl groups is 5. The monoisotopic (exact) mass is 720 g/mol. The molecule has 1 rings (SSSR count). The fourth-order valence-corrected chi connectivity index (χ4v) is 5.89. The van der Waals surface area contributed by atoms with Crippen LogP contribution >= 0.6 is 0 Å². The van der Waals surface area contributed by atoms with Gasteiger partial charge in [0.15, 0.2) is 6.29 Å². The van der Waals surface area contributed by atoms with Gasteiger partial charge in [0.05, 0.1) is 25.4 Å². The van der Waals surface area contributed by atoms with Gasteiger partial charge in [-0.05, 0) is 57.8 Å². The number of nitrogens with one attached hydrogen (secondary N) is 1. The number of rotatable bonds is 31. The molecule has 1 saturated heterocycles. The summed E-state index contributed by atoms with van der Waals surface area (Å²) >= 11 is 0. The van der Waals surface area contributed by atoms with Crippen LogP contribution in [-0.4, -0.2) is 87.5 Å². The van der Waals surface area contributed by atoms with Crippen LogP contribution in [0.5, 0.6) is 0 Å². The summed E-state index contributed by atoms with van der Waals surface area (Å²) in [5.41, 5.74) is 0. The topological polar surface area (TPSA) is 149 Å². The number of carbonyl (C=O) groups is 1. The zero-order chi connectivity index (χ0) is 37.4. The number of amides is 1. The van der Waals surface area contributed by atoms with Crippen LogP contribution in [0.25, 0.3) is 0 Å². The Morgan fingerprint density at radius 1 is 0.686 bits per heavy atom. The van der Waals surface area contributed by atoms with Crippen LogP contribution in [0.3, 0.4) is 0 Å². The van der Waals surface area contributed by atoms with Crippen LogP contribution in [0, 0.1) is 0 Å². The van der Waals surface area contributed by atoms with Gasteiger partial charge in [-0.25, -0.2) is 0 Å². The van der Waals surface area contributed by atoms with Crippen LogP contribution in [0.1, 0.15) is 142 Å². The maximum atomic E-state index is 12.8. The molecule has 1 amide bonds. The predicted octanol–water partition coefficient (Wildman–Crippen LogP) is 7.27. The Kier molecular flexibility index (Phi) is 29.9. The maximum Gasteiger partial charge on any atom is 0.220 e. The second kappa shape index (κ2) is 32.5. The first-order valence-corrected chi connectivity index (χ1v) is 20.0. The summed E-state index contributed by atoms with van der Waals surface area (Å²) in [6.45, 7) is 3.59. The Labute approximate surface area is 309 Å². The fraction of sp³-hybridized carbons (Fsp3) is 0.738. The van der Waals surface area contributed by atoms with E-state index in [0.29, 0.717) is 12.8 Å². The molecule has 1 aliphatic heterocycles. The maximum absolute atomic E-state index is 12.8. The molecule has 0 aromatic rings. The Bertz CT molecular complexity index is 978. The molecule has 0 spiro atoms. The highest BCUT2D eigenvalue weighted by Crippen LogP contribution is 2.23. The summed E-state index contributed by atoms with van der Waals surface area (Å²) in [5.74, 6) is -0.167. The molecular formula is C42H73NO8. The van der Waals surface area contributed by atoms with Crippen molar-refractivity contribution in [1.82, 2.24) is 5.32 Å². The lowest BCUT2D eigenvalue weighted by molar-refractivity contribution is -0.302. The number of hydrogen-bond acceptors (Lipinski definition) is 8. The van der Waals surface area contributed by atoms with E-state index >= 15 is 0 Å². The van der Waals surface area contributed by atoms with Crippen molar-refractivity contribution in [2.24, 2.45) is 0 Å². The van der Waals surface area contributed by atoms with E-state index < -0.39 is 49.5 Å². The smallest absolute Gasteiger partial charge is 0.220 e. The number of hydrogen-bond donors (Lipinski definition) is 6. The SMILES string of the molecule is CC/C=C\C/C=C\C/C=C\C/C=C\C/C=C\CCCCCCCCCC(=O)NC(COC1OC(CO)C(O)C(O)C1O)C(O)CCCCCCC. The fourth-order valence-electron chi connectivity index (χ4n) is 5.89. The molecule has 0 aromatic carbocycles. The Balaban J connectivity index is 2.24. The standard InChI is InChI=1S/C42H73NO8/c1-3-5-7-9-10-11-12-13-14-15-16-17-18-19-20-21-22-23-24-25-26-28-30-32-38(46)43-35(36(45)31-29-27-8-6-4-2)34-50-42-41(49)40(48)39(47)37(33-44)51-42/h5,7,10-11,13-14,16-17,19-20,35-37,39-42,44-45,47-49H,3-4,6,8-9,12,15,18,21-34H2,1-2H3,(H,43,46)/b7-5-,11-10-,14-13-,17-16-,20-19-. The van der Waals surface area contributed by atoms with Crippen molar-refractivity contribution >= 4 is 5.91 Å². The van der Waals surface area contributed by atoms with Crippen LogP contribution < -0.4 is 5.32 Å². The molecule has 1 aliphatic rings. The number of unbranched alkanes of at least 4 members (excludes halogenated alkanes) is 11. The van der Waals surface area contributed by atoms with Gasteiger partial charge < -0.3 is 40.3 Å². The minimum absolute atomic E-state index is 0.149. The Morgan fingerprint density at radius 3 is 1.80 bits per heavy atom. The first-order valence-electron chi connectivity index (χ1n) is 20.0. The first-order chi connectivity index (χ1) is 24.8. The summed E-state index contributed by atoms with van der Waals surface area (Å²) in [5, 5.41) is 53.7. The zero-order valence-electron chi connectivity index (χ0n) is 31.8.